The van der Waals surface area contributed by atoms with Gasteiger partial charge < -0.3 is 21.7 Å². The second-order valence-corrected chi connectivity index (χ2v) is 4.92. The molecule has 2 aliphatic carbocycles. The van der Waals surface area contributed by atoms with Crippen LogP contribution in [-0.2, 0) is 14.4 Å². The fourth-order valence-electron chi connectivity index (χ4n) is 1.87. The van der Waals surface area contributed by atoms with Gasteiger partial charge in [-0.3, -0.25) is 14.4 Å². The highest BCUT2D eigenvalue weighted by Crippen LogP contribution is 2.40. The van der Waals surface area contributed by atoms with Crippen molar-refractivity contribution in [2.45, 2.75) is 44.1 Å². The summed E-state index contributed by atoms with van der Waals surface area (Å²) in [7, 11) is 0. The van der Waals surface area contributed by atoms with Crippen molar-refractivity contribution in [3.05, 3.63) is 0 Å². The Morgan fingerprint density at radius 3 is 1.33 bits per heavy atom. The third-order valence-corrected chi connectivity index (χ3v) is 3.76. The van der Waals surface area contributed by atoms with E-state index in [4.69, 9.17) is 21.7 Å². The van der Waals surface area contributed by atoms with Crippen LogP contribution in [0.25, 0.3) is 0 Å². The molecule has 7 heteroatoms. The van der Waals surface area contributed by atoms with Crippen molar-refractivity contribution in [2.24, 2.45) is 16.9 Å². The summed E-state index contributed by atoms with van der Waals surface area (Å²) >= 11 is 0. The van der Waals surface area contributed by atoms with Crippen LogP contribution < -0.4 is 11.5 Å². The van der Waals surface area contributed by atoms with Gasteiger partial charge in [-0.25, -0.2) is 0 Å². The molecular formula is C11H18N2O5. The average molecular weight is 258 g/mol. The lowest BCUT2D eigenvalue weighted by atomic mass is 9.68. The van der Waals surface area contributed by atoms with Crippen molar-refractivity contribution >= 4 is 17.8 Å². The molecule has 0 radical (unpaired) electrons. The van der Waals surface area contributed by atoms with Crippen molar-refractivity contribution in [1.82, 2.24) is 0 Å². The Labute approximate surface area is 104 Å². The second-order valence-electron chi connectivity index (χ2n) is 4.92. The summed E-state index contributed by atoms with van der Waals surface area (Å²) in [5.74, 6) is -2.64. The van der Waals surface area contributed by atoms with Crippen LogP contribution in [0.3, 0.4) is 0 Å². The molecule has 0 bridgehead atoms. The minimum Gasteiger partial charge on any atom is -0.480 e. The Hall–Kier alpha value is -1.63. The standard InChI is InChI=1S/C6H9NO3.C5H9NO2/c7-4(8)6(5(9)10)2-1-3-6;6-5(4(7)8)2-1-3-5/h1-3H2,(H2,7,8)(H,9,10);1-3,6H2,(H,7,8). The number of rotatable bonds is 3. The van der Waals surface area contributed by atoms with Crippen LogP contribution >= 0.6 is 0 Å². The van der Waals surface area contributed by atoms with E-state index in [2.05, 4.69) is 0 Å². The zero-order chi connectivity index (χ0) is 14.0. The molecule has 2 aliphatic rings. The van der Waals surface area contributed by atoms with Crippen LogP contribution in [-0.4, -0.2) is 33.6 Å². The highest BCUT2D eigenvalue weighted by Gasteiger charge is 2.49. The molecule has 0 saturated heterocycles. The first-order chi connectivity index (χ1) is 8.24. The number of carboxylic acids is 2. The Balaban J connectivity index is 0.000000184. The molecule has 2 fully saturated rings. The summed E-state index contributed by atoms with van der Waals surface area (Å²) < 4.78 is 0. The van der Waals surface area contributed by atoms with Gasteiger partial charge in [0.05, 0.1) is 0 Å². The number of primary amides is 1. The maximum atomic E-state index is 10.6. The summed E-state index contributed by atoms with van der Waals surface area (Å²) in [6.45, 7) is 0. The molecule has 2 saturated carbocycles. The predicted molar refractivity (Wildman–Crippen MR) is 61.5 cm³/mol. The van der Waals surface area contributed by atoms with E-state index >= 15 is 0 Å². The quantitative estimate of drug-likeness (QED) is 0.510. The lowest BCUT2D eigenvalue weighted by Gasteiger charge is -2.33. The number of aliphatic carboxylic acids is 2. The van der Waals surface area contributed by atoms with Crippen LogP contribution in [0.4, 0.5) is 0 Å². The van der Waals surface area contributed by atoms with Crippen LogP contribution in [0.2, 0.25) is 0 Å². The molecule has 0 aromatic heterocycles. The maximum absolute atomic E-state index is 10.6. The molecule has 0 spiro atoms. The van der Waals surface area contributed by atoms with Gasteiger partial charge >= 0.3 is 11.9 Å². The summed E-state index contributed by atoms with van der Waals surface area (Å²) in [4.78, 5) is 31.2. The second kappa shape index (κ2) is 4.93. The number of amides is 1. The fourth-order valence-corrected chi connectivity index (χ4v) is 1.87. The fraction of sp³-hybridized carbons (Fsp3) is 0.727. The lowest BCUT2D eigenvalue weighted by molar-refractivity contribution is -0.160. The van der Waals surface area contributed by atoms with Crippen LogP contribution in [0.5, 0.6) is 0 Å². The lowest BCUT2D eigenvalue weighted by Crippen LogP contribution is -2.53. The van der Waals surface area contributed by atoms with Crippen molar-refractivity contribution in [2.75, 3.05) is 0 Å². The van der Waals surface area contributed by atoms with Gasteiger partial charge in [-0.05, 0) is 32.1 Å². The summed E-state index contributed by atoms with van der Waals surface area (Å²) in [6.07, 6.45) is 3.83. The number of hydrogen-bond donors (Lipinski definition) is 4. The summed E-state index contributed by atoms with van der Waals surface area (Å²) in [6, 6.07) is 0. The van der Waals surface area contributed by atoms with Crippen molar-refractivity contribution in [1.29, 1.82) is 0 Å². The molecule has 102 valence electrons. The van der Waals surface area contributed by atoms with Gasteiger partial charge in [0.1, 0.15) is 11.0 Å². The van der Waals surface area contributed by atoms with Gasteiger partial charge in [-0.15, -0.1) is 0 Å². The van der Waals surface area contributed by atoms with Gasteiger partial charge in [0.2, 0.25) is 5.91 Å². The van der Waals surface area contributed by atoms with E-state index in [1.54, 1.807) is 0 Å². The van der Waals surface area contributed by atoms with E-state index < -0.39 is 28.8 Å². The van der Waals surface area contributed by atoms with E-state index in [0.29, 0.717) is 25.7 Å². The first-order valence-electron chi connectivity index (χ1n) is 5.80. The number of hydrogen-bond acceptors (Lipinski definition) is 4. The molecule has 0 aliphatic heterocycles. The molecule has 0 heterocycles. The topological polar surface area (TPSA) is 144 Å². The Bertz CT molecular complexity index is 356. The average Bonchev–Trinajstić information content (AvgIpc) is 2.11. The van der Waals surface area contributed by atoms with E-state index in [1.807, 2.05) is 0 Å². The first kappa shape index (κ1) is 14.4. The smallest absolute Gasteiger partial charge is 0.323 e. The van der Waals surface area contributed by atoms with Crippen LogP contribution in [0.15, 0.2) is 0 Å². The van der Waals surface area contributed by atoms with Gasteiger partial charge in [-0.2, -0.15) is 0 Å². The highest BCUT2D eigenvalue weighted by molar-refractivity contribution is 6.02. The Morgan fingerprint density at radius 2 is 1.33 bits per heavy atom. The molecule has 2 rings (SSSR count). The molecular weight excluding hydrogens is 240 g/mol. The van der Waals surface area contributed by atoms with E-state index in [0.717, 1.165) is 12.8 Å². The third kappa shape index (κ3) is 2.45. The molecule has 0 aromatic carbocycles. The monoisotopic (exact) mass is 258 g/mol. The molecule has 1 amide bonds. The van der Waals surface area contributed by atoms with E-state index in [-0.39, 0.29) is 0 Å². The molecule has 7 nitrogen and oxygen atoms in total. The maximum Gasteiger partial charge on any atom is 0.323 e. The third-order valence-electron chi connectivity index (χ3n) is 3.76. The van der Waals surface area contributed by atoms with E-state index in [9.17, 15) is 14.4 Å². The SMILES string of the molecule is NC(=O)C1(C(=O)O)CCC1.NC1(C(=O)O)CCC1. The minimum atomic E-state index is -1.22. The predicted octanol–water partition coefficient (Wildman–Crippen LogP) is -0.321. The van der Waals surface area contributed by atoms with Crippen molar-refractivity contribution < 1.29 is 24.6 Å². The Kier molecular flexibility index (Phi) is 3.95. The van der Waals surface area contributed by atoms with Gasteiger partial charge in [0.25, 0.3) is 0 Å². The normalized spacial score (nSPS) is 22.5. The van der Waals surface area contributed by atoms with E-state index in [1.165, 1.54) is 0 Å². The van der Waals surface area contributed by atoms with Crippen molar-refractivity contribution in [3.8, 4) is 0 Å². The zero-order valence-electron chi connectivity index (χ0n) is 10.0. The molecule has 0 aromatic rings. The number of carboxylic acid groups (broad SMARTS) is 2. The molecule has 0 atom stereocenters. The summed E-state index contributed by atoms with van der Waals surface area (Å²) in [5.41, 5.74) is 8.18. The van der Waals surface area contributed by atoms with Crippen LogP contribution in [0.1, 0.15) is 38.5 Å². The largest absolute Gasteiger partial charge is 0.480 e. The number of nitrogens with two attached hydrogens (primary N) is 2. The van der Waals surface area contributed by atoms with Gasteiger partial charge in [0, 0.05) is 0 Å². The number of carbonyl (C=O) groups is 3. The summed E-state index contributed by atoms with van der Waals surface area (Å²) in [5, 5.41) is 16.9. The molecule has 6 N–H and O–H groups in total. The first-order valence-corrected chi connectivity index (χ1v) is 5.80. The minimum absolute atomic E-state index is 0.400. The Morgan fingerprint density at radius 1 is 0.889 bits per heavy atom. The highest BCUT2D eigenvalue weighted by atomic mass is 16.4. The zero-order valence-corrected chi connectivity index (χ0v) is 10.0. The van der Waals surface area contributed by atoms with Gasteiger partial charge in [0.15, 0.2) is 0 Å². The van der Waals surface area contributed by atoms with Gasteiger partial charge in [-0.1, -0.05) is 6.42 Å². The molecule has 18 heavy (non-hydrogen) atoms. The number of carbonyl (C=O) groups excluding carboxylic acids is 1. The van der Waals surface area contributed by atoms with Crippen LogP contribution in [0, 0.1) is 5.41 Å². The van der Waals surface area contributed by atoms with Crippen molar-refractivity contribution in [3.63, 3.8) is 0 Å². The molecule has 0 unspecified atom stereocenters.